The molecule has 0 spiro atoms. The first-order chi connectivity index (χ1) is 14.4. The van der Waals surface area contributed by atoms with E-state index in [1.807, 2.05) is 18.7 Å². The molecule has 0 radical (unpaired) electrons. The van der Waals surface area contributed by atoms with Crippen LogP contribution in [0.4, 0.5) is 0 Å². The number of amides is 1. The number of guanidine groups is 1. The van der Waals surface area contributed by atoms with E-state index < -0.39 is 0 Å². The van der Waals surface area contributed by atoms with Crippen molar-refractivity contribution < 1.29 is 9.32 Å². The Bertz CT molecular complexity index is 712. The number of rotatable bonds is 6. The van der Waals surface area contributed by atoms with Crippen LogP contribution < -0.4 is 5.32 Å². The van der Waals surface area contributed by atoms with Gasteiger partial charge in [-0.25, -0.2) is 0 Å². The highest BCUT2D eigenvalue weighted by Gasteiger charge is 2.30. The number of hydrogen-bond donors (Lipinski definition) is 1. The third kappa shape index (κ3) is 5.14. The predicted octanol–water partition coefficient (Wildman–Crippen LogP) is 1.99. The average Bonchev–Trinajstić information content (AvgIpc) is 3.40. The first-order valence-electron chi connectivity index (χ1n) is 11.4. The number of carbonyl (C=O) groups excluding carboxylic acids is 1. The molecule has 0 saturated carbocycles. The maximum absolute atomic E-state index is 12.7. The fraction of sp³-hybridized carbons (Fsp3) is 0.773. The minimum absolute atomic E-state index is 0.0377. The van der Waals surface area contributed by atoms with E-state index in [9.17, 15) is 4.79 Å². The zero-order valence-electron chi connectivity index (χ0n) is 19.3. The second kappa shape index (κ2) is 10.3. The van der Waals surface area contributed by atoms with E-state index in [1.54, 1.807) is 0 Å². The molecule has 2 atom stereocenters. The van der Waals surface area contributed by atoms with Gasteiger partial charge in [-0.1, -0.05) is 12.1 Å². The van der Waals surface area contributed by atoms with Crippen LogP contribution in [0, 0.1) is 13.8 Å². The topological polar surface area (TPSA) is 77.2 Å². The highest BCUT2D eigenvalue weighted by atomic mass is 16.5. The highest BCUT2D eigenvalue weighted by molar-refractivity contribution is 5.82. The van der Waals surface area contributed by atoms with Crippen LogP contribution in [0.25, 0.3) is 0 Å². The monoisotopic (exact) mass is 418 g/mol. The van der Waals surface area contributed by atoms with Crippen molar-refractivity contribution in [2.24, 2.45) is 4.99 Å². The first-order valence-corrected chi connectivity index (χ1v) is 11.4. The zero-order valence-corrected chi connectivity index (χ0v) is 19.3. The first kappa shape index (κ1) is 22.6. The quantitative estimate of drug-likeness (QED) is 0.562. The molecule has 3 heterocycles. The zero-order chi connectivity index (χ0) is 21.7. The van der Waals surface area contributed by atoms with Crippen LogP contribution in [0.15, 0.2) is 9.52 Å². The second-order valence-electron chi connectivity index (χ2n) is 8.56. The highest BCUT2D eigenvalue weighted by Crippen LogP contribution is 2.23. The Hall–Kier alpha value is -2.09. The summed E-state index contributed by atoms with van der Waals surface area (Å²) in [7, 11) is 0. The standard InChI is InChI=1S/C22H38N6O2/c1-6-23-22(24-15-16(2)20-17(3)25-30-19(20)5)28-13-11-26(12-14-28)18(4)21(29)27-9-7-8-10-27/h16,18H,6-15H2,1-5H3,(H,23,24). The molecule has 8 nitrogen and oxygen atoms in total. The van der Waals surface area contributed by atoms with Gasteiger partial charge in [-0.3, -0.25) is 14.7 Å². The third-order valence-electron chi connectivity index (χ3n) is 6.37. The van der Waals surface area contributed by atoms with Crippen molar-refractivity contribution in [3.63, 3.8) is 0 Å². The molecule has 168 valence electrons. The van der Waals surface area contributed by atoms with Crippen molar-refractivity contribution >= 4 is 11.9 Å². The van der Waals surface area contributed by atoms with Gasteiger partial charge in [0.15, 0.2) is 5.96 Å². The second-order valence-corrected chi connectivity index (χ2v) is 8.56. The molecule has 2 fully saturated rings. The molecular formula is C22H38N6O2. The third-order valence-corrected chi connectivity index (χ3v) is 6.37. The Labute approximate surface area is 180 Å². The van der Waals surface area contributed by atoms with Crippen LogP contribution in [-0.2, 0) is 4.79 Å². The molecule has 1 aromatic rings. The van der Waals surface area contributed by atoms with Gasteiger partial charge in [0, 0.05) is 63.8 Å². The van der Waals surface area contributed by atoms with Crippen molar-refractivity contribution in [3.8, 4) is 0 Å². The van der Waals surface area contributed by atoms with Gasteiger partial charge in [-0.2, -0.15) is 0 Å². The maximum Gasteiger partial charge on any atom is 0.239 e. The summed E-state index contributed by atoms with van der Waals surface area (Å²) in [5.74, 6) is 2.37. The lowest BCUT2D eigenvalue weighted by Gasteiger charge is -2.39. The molecule has 3 rings (SSSR count). The molecule has 0 aliphatic carbocycles. The van der Waals surface area contributed by atoms with Crippen LogP contribution in [0.2, 0.25) is 0 Å². The lowest BCUT2D eigenvalue weighted by atomic mass is 10.00. The van der Waals surface area contributed by atoms with E-state index in [0.717, 1.165) is 81.6 Å². The van der Waals surface area contributed by atoms with Crippen molar-refractivity contribution in [1.29, 1.82) is 0 Å². The summed E-state index contributed by atoms with van der Waals surface area (Å²) in [4.78, 5) is 24.3. The molecule has 0 bridgehead atoms. The van der Waals surface area contributed by atoms with E-state index in [1.165, 1.54) is 0 Å². The Kier molecular flexibility index (Phi) is 7.75. The van der Waals surface area contributed by atoms with Gasteiger partial charge < -0.3 is 19.6 Å². The van der Waals surface area contributed by atoms with Crippen molar-refractivity contribution in [3.05, 3.63) is 17.0 Å². The van der Waals surface area contributed by atoms with Gasteiger partial charge >= 0.3 is 0 Å². The molecule has 2 saturated heterocycles. The van der Waals surface area contributed by atoms with E-state index in [0.29, 0.717) is 6.54 Å². The molecule has 30 heavy (non-hydrogen) atoms. The van der Waals surface area contributed by atoms with Gasteiger partial charge in [0.05, 0.1) is 11.7 Å². The Morgan fingerprint density at radius 1 is 1.10 bits per heavy atom. The maximum atomic E-state index is 12.7. The van der Waals surface area contributed by atoms with Crippen molar-refractivity contribution in [1.82, 2.24) is 25.2 Å². The fourth-order valence-electron chi connectivity index (χ4n) is 4.61. The Morgan fingerprint density at radius 3 is 2.33 bits per heavy atom. The Morgan fingerprint density at radius 2 is 1.77 bits per heavy atom. The molecular weight excluding hydrogens is 380 g/mol. The molecule has 1 N–H and O–H groups in total. The number of aromatic nitrogens is 1. The van der Waals surface area contributed by atoms with E-state index >= 15 is 0 Å². The molecule has 2 aliphatic heterocycles. The number of nitrogens with one attached hydrogen (secondary N) is 1. The summed E-state index contributed by atoms with van der Waals surface area (Å²) in [6.45, 7) is 17.2. The normalized spacial score (nSPS) is 20.5. The SMILES string of the molecule is CCNC(=NCC(C)c1c(C)noc1C)N1CCN(C(C)C(=O)N2CCCC2)CC1. The van der Waals surface area contributed by atoms with Crippen molar-refractivity contribution in [2.45, 2.75) is 59.4 Å². The number of piperazine rings is 1. The van der Waals surface area contributed by atoms with E-state index in [-0.39, 0.29) is 17.9 Å². The summed E-state index contributed by atoms with van der Waals surface area (Å²) >= 11 is 0. The molecule has 8 heteroatoms. The number of aryl methyl sites for hydroxylation is 2. The average molecular weight is 419 g/mol. The predicted molar refractivity (Wildman–Crippen MR) is 119 cm³/mol. The molecule has 2 aliphatic rings. The van der Waals surface area contributed by atoms with Crippen LogP contribution in [0.1, 0.15) is 56.5 Å². The summed E-state index contributed by atoms with van der Waals surface area (Å²) in [5, 5.41) is 7.51. The van der Waals surface area contributed by atoms with Crippen molar-refractivity contribution in [2.75, 3.05) is 52.4 Å². The summed E-state index contributed by atoms with van der Waals surface area (Å²) in [5.41, 5.74) is 2.11. The summed E-state index contributed by atoms with van der Waals surface area (Å²) in [6.07, 6.45) is 2.28. The largest absolute Gasteiger partial charge is 0.361 e. The molecule has 1 aromatic heterocycles. The number of likely N-dealkylation sites (tertiary alicyclic amines) is 1. The minimum Gasteiger partial charge on any atom is -0.361 e. The molecule has 1 amide bonds. The van der Waals surface area contributed by atoms with Gasteiger partial charge in [0.2, 0.25) is 5.91 Å². The Balaban J connectivity index is 1.57. The van der Waals surface area contributed by atoms with Crippen LogP contribution >= 0.6 is 0 Å². The number of aliphatic imine (C=N–C) groups is 1. The lowest BCUT2D eigenvalue weighted by Crippen LogP contribution is -2.57. The van der Waals surface area contributed by atoms with Gasteiger partial charge in [0.25, 0.3) is 0 Å². The van der Waals surface area contributed by atoms with E-state index in [4.69, 9.17) is 9.52 Å². The van der Waals surface area contributed by atoms with Gasteiger partial charge in [-0.15, -0.1) is 0 Å². The van der Waals surface area contributed by atoms with Gasteiger partial charge in [-0.05, 0) is 40.5 Å². The minimum atomic E-state index is -0.0377. The molecule has 2 unspecified atom stereocenters. The fourth-order valence-corrected chi connectivity index (χ4v) is 4.61. The van der Waals surface area contributed by atoms with E-state index in [2.05, 4.69) is 41.0 Å². The summed E-state index contributed by atoms with van der Waals surface area (Å²) in [6, 6.07) is -0.0377. The number of hydrogen-bond acceptors (Lipinski definition) is 5. The smallest absolute Gasteiger partial charge is 0.239 e. The van der Waals surface area contributed by atoms with Gasteiger partial charge in [0.1, 0.15) is 5.76 Å². The number of nitrogens with zero attached hydrogens (tertiary/aromatic N) is 5. The van der Waals surface area contributed by atoms with Crippen LogP contribution in [0.3, 0.4) is 0 Å². The van der Waals surface area contributed by atoms with Crippen LogP contribution in [-0.4, -0.2) is 90.1 Å². The molecule has 0 aromatic carbocycles. The number of carbonyl (C=O) groups is 1. The van der Waals surface area contributed by atoms with Crippen LogP contribution in [0.5, 0.6) is 0 Å². The summed E-state index contributed by atoms with van der Waals surface area (Å²) < 4.78 is 5.32. The lowest BCUT2D eigenvalue weighted by molar-refractivity contribution is -0.135.